The maximum atomic E-state index is 13.0. The molecule has 2 aromatic rings. The monoisotopic (exact) mass is 541 g/mol. The Labute approximate surface area is 228 Å². The van der Waals surface area contributed by atoms with E-state index in [1.165, 1.54) is 12.8 Å². The van der Waals surface area contributed by atoms with Crippen molar-refractivity contribution >= 4 is 46.6 Å². The number of ether oxygens (including phenoxy) is 1. The number of rotatable bonds is 6. The molecular formula is C27H36ClN7O3. The molecule has 10 nitrogen and oxygen atoms in total. The number of anilines is 4. The van der Waals surface area contributed by atoms with Crippen molar-refractivity contribution in [3.63, 3.8) is 0 Å². The molecule has 2 amide bonds. The van der Waals surface area contributed by atoms with Crippen LogP contribution in [0.2, 0.25) is 5.02 Å². The third-order valence-electron chi connectivity index (χ3n) is 7.92. The number of benzene rings is 1. The first-order valence-corrected chi connectivity index (χ1v) is 13.8. The molecule has 0 bridgehead atoms. The summed E-state index contributed by atoms with van der Waals surface area (Å²) in [4.78, 5) is 41.2. The summed E-state index contributed by atoms with van der Waals surface area (Å²) in [6.45, 7) is 2.54. The van der Waals surface area contributed by atoms with E-state index in [4.69, 9.17) is 21.3 Å². The SMILES string of the molecule is COc1cc(C(=O)NC2CCN(C)CC2)c(Cl)cc1Nc1ncc2c(n1)N(C1CCCC1)CCC(=O)N2C. The lowest BCUT2D eigenvalue weighted by molar-refractivity contribution is -0.118. The van der Waals surface area contributed by atoms with E-state index in [0.29, 0.717) is 52.7 Å². The molecule has 2 N–H and O–H groups in total. The van der Waals surface area contributed by atoms with Crippen LogP contribution in [0.25, 0.3) is 0 Å². The fourth-order valence-corrected chi connectivity index (χ4v) is 5.85. The molecule has 3 heterocycles. The largest absolute Gasteiger partial charge is 0.495 e. The fourth-order valence-electron chi connectivity index (χ4n) is 5.60. The molecule has 1 saturated heterocycles. The van der Waals surface area contributed by atoms with Crippen LogP contribution in [0.15, 0.2) is 18.3 Å². The molecule has 204 valence electrons. The molecule has 0 unspecified atom stereocenters. The zero-order chi connectivity index (χ0) is 26.8. The Bertz CT molecular complexity index is 1200. The normalized spacial score (nSPS) is 19.3. The Hall–Kier alpha value is -3.11. The molecule has 1 aliphatic carbocycles. The molecule has 5 rings (SSSR count). The number of aromatic nitrogens is 2. The van der Waals surface area contributed by atoms with Gasteiger partial charge in [0.1, 0.15) is 11.4 Å². The van der Waals surface area contributed by atoms with Gasteiger partial charge < -0.3 is 30.1 Å². The highest BCUT2D eigenvalue weighted by atomic mass is 35.5. The Balaban J connectivity index is 1.39. The highest BCUT2D eigenvalue weighted by molar-refractivity contribution is 6.34. The summed E-state index contributed by atoms with van der Waals surface area (Å²) in [5, 5.41) is 6.64. The van der Waals surface area contributed by atoms with Crippen molar-refractivity contribution < 1.29 is 14.3 Å². The number of nitrogens with zero attached hydrogens (tertiary/aromatic N) is 5. The number of likely N-dealkylation sites (tertiary alicyclic amines) is 1. The van der Waals surface area contributed by atoms with E-state index in [1.807, 2.05) is 0 Å². The van der Waals surface area contributed by atoms with Crippen molar-refractivity contribution in [2.24, 2.45) is 0 Å². The predicted octanol–water partition coefficient (Wildman–Crippen LogP) is 3.82. The maximum absolute atomic E-state index is 13.0. The van der Waals surface area contributed by atoms with Gasteiger partial charge in [-0.1, -0.05) is 24.4 Å². The molecule has 1 saturated carbocycles. The second kappa shape index (κ2) is 11.3. The Morgan fingerprint density at radius 3 is 2.55 bits per heavy atom. The quantitative estimate of drug-likeness (QED) is 0.569. The number of piperidine rings is 1. The maximum Gasteiger partial charge on any atom is 0.253 e. The number of carbonyl (C=O) groups is 2. The summed E-state index contributed by atoms with van der Waals surface area (Å²) in [7, 11) is 5.41. The summed E-state index contributed by atoms with van der Waals surface area (Å²) in [6, 6.07) is 3.81. The number of halogens is 1. The summed E-state index contributed by atoms with van der Waals surface area (Å²) < 4.78 is 5.61. The predicted molar refractivity (Wildman–Crippen MR) is 149 cm³/mol. The van der Waals surface area contributed by atoms with Crippen LogP contribution in [0.3, 0.4) is 0 Å². The summed E-state index contributed by atoms with van der Waals surface area (Å²) in [5.41, 5.74) is 1.62. The number of carbonyl (C=O) groups excluding carboxylic acids is 2. The molecule has 0 spiro atoms. The molecule has 2 aliphatic heterocycles. The molecule has 38 heavy (non-hydrogen) atoms. The van der Waals surface area contributed by atoms with Gasteiger partial charge in [-0.25, -0.2) is 4.98 Å². The van der Waals surface area contributed by atoms with Crippen LogP contribution in [0.1, 0.15) is 55.3 Å². The van der Waals surface area contributed by atoms with E-state index in [9.17, 15) is 9.59 Å². The first-order valence-electron chi connectivity index (χ1n) is 13.4. The minimum Gasteiger partial charge on any atom is -0.495 e. The van der Waals surface area contributed by atoms with Crippen molar-refractivity contribution in [3.05, 3.63) is 28.9 Å². The lowest BCUT2D eigenvalue weighted by Crippen LogP contribution is -2.43. The number of fused-ring (bicyclic) bond motifs is 1. The van der Waals surface area contributed by atoms with Crippen LogP contribution in [-0.4, -0.2) is 79.6 Å². The third-order valence-corrected chi connectivity index (χ3v) is 8.24. The van der Waals surface area contributed by atoms with E-state index in [1.54, 1.807) is 37.4 Å². The van der Waals surface area contributed by atoms with E-state index >= 15 is 0 Å². The minimum absolute atomic E-state index is 0.0543. The van der Waals surface area contributed by atoms with E-state index in [0.717, 1.165) is 44.6 Å². The average molecular weight is 542 g/mol. The zero-order valence-electron chi connectivity index (χ0n) is 22.3. The lowest BCUT2D eigenvalue weighted by Gasteiger charge is -2.30. The molecule has 2 fully saturated rings. The Kier molecular flexibility index (Phi) is 7.90. The molecule has 11 heteroatoms. The highest BCUT2D eigenvalue weighted by Gasteiger charge is 2.32. The van der Waals surface area contributed by atoms with Crippen molar-refractivity contribution in [3.8, 4) is 5.75 Å². The molecule has 1 aromatic heterocycles. The van der Waals surface area contributed by atoms with Crippen molar-refractivity contribution in [2.45, 2.75) is 57.0 Å². The summed E-state index contributed by atoms with van der Waals surface area (Å²) in [5.74, 6) is 1.42. The zero-order valence-corrected chi connectivity index (χ0v) is 23.1. The number of nitrogens with one attached hydrogen (secondary N) is 2. The average Bonchev–Trinajstić information content (AvgIpc) is 3.41. The van der Waals surface area contributed by atoms with Crippen LogP contribution in [0.4, 0.5) is 23.1 Å². The fraction of sp³-hybridized carbons (Fsp3) is 0.556. The van der Waals surface area contributed by atoms with Crippen LogP contribution in [0.5, 0.6) is 5.75 Å². The molecule has 0 radical (unpaired) electrons. The number of hydrogen-bond donors (Lipinski definition) is 2. The van der Waals surface area contributed by atoms with E-state index in [-0.39, 0.29) is 17.9 Å². The Morgan fingerprint density at radius 1 is 1.11 bits per heavy atom. The van der Waals surface area contributed by atoms with Crippen LogP contribution in [-0.2, 0) is 4.79 Å². The van der Waals surface area contributed by atoms with E-state index < -0.39 is 0 Å². The van der Waals surface area contributed by atoms with Crippen molar-refractivity contribution in [1.82, 2.24) is 20.2 Å². The van der Waals surface area contributed by atoms with Gasteiger partial charge in [-0.15, -0.1) is 0 Å². The summed E-state index contributed by atoms with van der Waals surface area (Å²) in [6.07, 6.45) is 8.50. The second-order valence-corrected chi connectivity index (χ2v) is 10.9. The molecule has 0 atom stereocenters. The van der Waals surface area contributed by atoms with Crippen LogP contribution >= 0.6 is 11.6 Å². The van der Waals surface area contributed by atoms with Crippen LogP contribution < -0.4 is 25.2 Å². The first-order chi connectivity index (χ1) is 18.3. The Morgan fingerprint density at radius 2 is 1.84 bits per heavy atom. The van der Waals surface area contributed by atoms with Gasteiger partial charge in [0.25, 0.3) is 5.91 Å². The van der Waals surface area contributed by atoms with Crippen molar-refractivity contribution in [2.75, 3.05) is 56.0 Å². The highest BCUT2D eigenvalue weighted by Crippen LogP contribution is 2.38. The lowest BCUT2D eigenvalue weighted by atomic mass is 10.0. The standard InChI is InChI=1S/C27H36ClN7O3/c1-33-11-8-17(9-12-33)30-26(37)19-14-23(38-3)21(15-20(19)28)31-27-29-16-22-25(32-27)35(18-6-4-5-7-18)13-10-24(36)34(22)2/h14-18H,4-13H2,1-3H3,(H,30,37)(H,29,31,32). The third kappa shape index (κ3) is 5.51. The second-order valence-electron chi connectivity index (χ2n) is 10.4. The number of hydrogen-bond acceptors (Lipinski definition) is 8. The van der Waals surface area contributed by atoms with Crippen LogP contribution in [0, 0.1) is 0 Å². The van der Waals surface area contributed by atoms with Gasteiger partial charge in [0.2, 0.25) is 11.9 Å². The first kappa shape index (κ1) is 26.5. The number of methoxy groups -OCH3 is 1. The van der Waals surface area contributed by atoms with Gasteiger partial charge in [0.15, 0.2) is 5.82 Å². The molecule has 1 aromatic carbocycles. The van der Waals surface area contributed by atoms with E-state index in [2.05, 4.69) is 32.5 Å². The van der Waals surface area contributed by atoms with Gasteiger partial charge in [-0.2, -0.15) is 4.98 Å². The van der Waals surface area contributed by atoms with Gasteiger partial charge in [0, 0.05) is 32.1 Å². The van der Waals surface area contributed by atoms with Gasteiger partial charge in [-0.3, -0.25) is 9.59 Å². The smallest absolute Gasteiger partial charge is 0.253 e. The van der Waals surface area contributed by atoms with Gasteiger partial charge in [0.05, 0.1) is 29.6 Å². The van der Waals surface area contributed by atoms with Crippen molar-refractivity contribution in [1.29, 1.82) is 0 Å². The molecular weight excluding hydrogens is 506 g/mol. The number of amides is 2. The van der Waals surface area contributed by atoms with Gasteiger partial charge >= 0.3 is 0 Å². The van der Waals surface area contributed by atoms with Gasteiger partial charge in [-0.05, 0) is 58.0 Å². The summed E-state index contributed by atoms with van der Waals surface area (Å²) >= 11 is 6.58. The molecule has 3 aliphatic rings. The minimum atomic E-state index is -0.212. The topological polar surface area (TPSA) is 103 Å².